The van der Waals surface area contributed by atoms with Crippen molar-refractivity contribution in [1.29, 1.82) is 0 Å². The van der Waals surface area contributed by atoms with Crippen LogP contribution in [-0.4, -0.2) is 19.1 Å². The zero-order valence-electron chi connectivity index (χ0n) is 11.7. The van der Waals surface area contributed by atoms with Crippen molar-refractivity contribution in [2.75, 3.05) is 18.5 Å². The summed E-state index contributed by atoms with van der Waals surface area (Å²) in [5.74, 6) is -2.35. The van der Waals surface area contributed by atoms with Crippen molar-refractivity contribution in [3.05, 3.63) is 57.6 Å². The number of hydrogen-bond donors (Lipinski definition) is 2. The molecular formula is C15H12Cl2F2N2O2. The Bertz CT molecular complexity index is 698. The fourth-order valence-corrected chi connectivity index (χ4v) is 2.39. The van der Waals surface area contributed by atoms with Crippen molar-refractivity contribution in [2.24, 2.45) is 5.73 Å². The van der Waals surface area contributed by atoms with Gasteiger partial charge in [-0.25, -0.2) is 8.78 Å². The summed E-state index contributed by atoms with van der Waals surface area (Å²) in [7, 11) is 0. The maximum absolute atomic E-state index is 13.5. The van der Waals surface area contributed by atoms with Gasteiger partial charge >= 0.3 is 0 Å². The molecule has 2 aromatic rings. The molecule has 0 bridgehead atoms. The molecule has 8 heteroatoms. The smallest absolute Gasteiger partial charge is 0.255 e. The second kappa shape index (κ2) is 7.59. The lowest BCUT2D eigenvalue weighted by Gasteiger charge is -2.12. The van der Waals surface area contributed by atoms with Crippen LogP contribution in [-0.2, 0) is 0 Å². The average molecular weight is 361 g/mol. The average Bonchev–Trinajstić information content (AvgIpc) is 2.50. The number of nitrogens with two attached hydrogens (primary N) is 1. The molecule has 0 aliphatic carbocycles. The highest BCUT2D eigenvalue weighted by Gasteiger charge is 2.17. The first-order chi connectivity index (χ1) is 10.9. The van der Waals surface area contributed by atoms with Gasteiger partial charge in [-0.05, 0) is 24.3 Å². The Morgan fingerprint density at radius 1 is 1.17 bits per heavy atom. The third-order valence-corrected chi connectivity index (χ3v) is 3.39. The van der Waals surface area contributed by atoms with E-state index in [-0.39, 0.29) is 34.5 Å². The van der Waals surface area contributed by atoms with Gasteiger partial charge in [0.25, 0.3) is 5.91 Å². The van der Waals surface area contributed by atoms with Crippen LogP contribution in [0.4, 0.5) is 14.5 Å². The summed E-state index contributed by atoms with van der Waals surface area (Å²) in [5, 5.41) is 2.32. The number of hydrogen-bond acceptors (Lipinski definition) is 3. The van der Waals surface area contributed by atoms with Crippen molar-refractivity contribution < 1.29 is 18.3 Å². The second-order valence-corrected chi connectivity index (χ2v) is 5.27. The predicted molar refractivity (Wildman–Crippen MR) is 85.3 cm³/mol. The lowest BCUT2D eigenvalue weighted by atomic mass is 10.2. The van der Waals surface area contributed by atoms with Crippen molar-refractivity contribution in [3.63, 3.8) is 0 Å². The summed E-state index contributed by atoms with van der Waals surface area (Å²) in [5.41, 5.74) is 4.80. The van der Waals surface area contributed by atoms with Crippen LogP contribution in [0, 0.1) is 11.6 Å². The molecule has 0 saturated heterocycles. The van der Waals surface area contributed by atoms with E-state index in [1.807, 2.05) is 0 Å². The van der Waals surface area contributed by atoms with E-state index in [0.717, 1.165) is 12.1 Å². The van der Waals surface area contributed by atoms with Crippen molar-refractivity contribution in [3.8, 4) is 5.75 Å². The SMILES string of the molecule is NCCOc1c(Cl)cc(C(=O)Nc2c(F)cccc2F)cc1Cl. The highest BCUT2D eigenvalue weighted by atomic mass is 35.5. The molecule has 23 heavy (non-hydrogen) atoms. The summed E-state index contributed by atoms with van der Waals surface area (Å²) in [6, 6.07) is 5.82. The second-order valence-electron chi connectivity index (χ2n) is 4.46. The lowest BCUT2D eigenvalue weighted by Crippen LogP contribution is -2.15. The van der Waals surface area contributed by atoms with Crippen LogP contribution in [0.3, 0.4) is 0 Å². The van der Waals surface area contributed by atoms with Crippen molar-refractivity contribution in [2.45, 2.75) is 0 Å². The number of carbonyl (C=O) groups excluding carboxylic acids is 1. The van der Waals surface area contributed by atoms with Gasteiger partial charge in [0.05, 0.1) is 10.0 Å². The Morgan fingerprint density at radius 2 is 1.74 bits per heavy atom. The van der Waals surface area contributed by atoms with E-state index in [1.165, 1.54) is 18.2 Å². The molecule has 1 amide bonds. The topological polar surface area (TPSA) is 64.3 Å². The van der Waals surface area contributed by atoms with Crippen LogP contribution in [0.1, 0.15) is 10.4 Å². The Labute approximate surface area is 141 Å². The third-order valence-electron chi connectivity index (χ3n) is 2.83. The minimum absolute atomic E-state index is 0.0303. The number of para-hydroxylation sites is 1. The van der Waals surface area contributed by atoms with E-state index in [9.17, 15) is 13.6 Å². The van der Waals surface area contributed by atoms with Crippen LogP contribution in [0.25, 0.3) is 0 Å². The number of ether oxygens (including phenoxy) is 1. The largest absolute Gasteiger partial charge is 0.489 e. The van der Waals surface area contributed by atoms with Crippen LogP contribution in [0.2, 0.25) is 10.0 Å². The van der Waals surface area contributed by atoms with Gasteiger partial charge in [-0.3, -0.25) is 4.79 Å². The number of rotatable bonds is 5. The van der Waals surface area contributed by atoms with Gasteiger partial charge in [-0.2, -0.15) is 0 Å². The van der Waals surface area contributed by atoms with E-state index in [1.54, 1.807) is 0 Å². The molecule has 4 nitrogen and oxygen atoms in total. The fourth-order valence-electron chi connectivity index (χ4n) is 1.79. The first-order valence-electron chi connectivity index (χ1n) is 6.51. The van der Waals surface area contributed by atoms with Gasteiger partial charge in [0.1, 0.15) is 23.9 Å². The first kappa shape index (κ1) is 17.5. The monoisotopic (exact) mass is 360 g/mol. The van der Waals surface area contributed by atoms with Gasteiger partial charge in [-0.1, -0.05) is 29.3 Å². The Balaban J connectivity index is 2.26. The standard InChI is InChI=1S/C15H12Cl2F2N2O2/c16-9-6-8(7-10(17)14(9)23-5-4-20)15(22)21-13-11(18)2-1-3-12(13)19/h1-3,6-7H,4-5,20H2,(H,21,22). The Morgan fingerprint density at radius 3 is 2.26 bits per heavy atom. The zero-order chi connectivity index (χ0) is 17.0. The molecule has 0 spiro atoms. The van der Waals surface area contributed by atoms with Gasteiger partial charge in [0.2, 0.25) is 0 Å². The minimum Gasteiger partial charge on any atom is -0.489 e. The van der Waals surface area contributed by atoms with E-state index >= 15 is 0 Å². The van der Waals surface area contributed by atoms with E-state index < -0.39 is 23.2 Å². The van der Waals surface area contributed by atoms with Gasteiger partial charge in [0, 0.05) is 12.1 Å². The maximum atomic E-state index is 13.5. The molecule has 0 aliphatic rings. The van der Waals surface area contributed by atoms with Gasteiger partial charge in [0.15, 0.2) is 5.75 Å². The minimum atomic E-state index is -0.890. The summed E-state index contributed by atoms with van der Waals surface area (Å²) in [6.45, 7) is 0.465. The summed E-state index contributed by atoms with van der Waals surface area (Å²) in [4.78, 5) is 12.1. The molecule has 0 fully saturated rings. The molecular weight excluding hydrogens is 349 g/mol. The molecule has 122 valence electrons. The predicted octanol–water partition coefficient (Wildman–Crippen LogP) is 3.86. The van der Waals surface area contributed by atoms with E-state index in [2.05, 4.69) is 5.32 Å². The number of carbonyl (C=O) groups is 1. The molecule has 0 atom stereocenters. The van der Waals surface area contributed by atoms with Crippen LogP contribution < -0.4 is 15.8 Å². The molecule has 0 radical (unpaired) electrons. The highest BCUT2D eigenvalue weighted by molar-refractivity contribution is 6.37. The third kappa shape index (κ3) is 4.10. The number of amides is 1. The van der Waals surface area contributed by atoms with Crippen molar-refractivity contribution >= 4 is 34.8 Å². The molecule has 0 heterocycles. The number of anilines is 1. The fraction of sp³-hybridized carbons (Fsp3) is 0.133. The molecule has 0 aliphatic heterocycles. The first-order valence-corrected chi connectivity index (χ1v) is 7.27. The number of nitrogens with one attached hydrogen (secondary N) is 1. The zero-order valence-corrected chi connectivity index (χ0v) is 13.2. The van der Waals surface area contributed by atoms with Crippen LogP contribution in [0.15, 0.2) is 30.3 Å². The van der Waals surface area contributed by atoms with E-state index in [0.29, 0.717) is 0 Å². The van der Waals surface area contributed by atoms with E-state index in [4.69, 9.17) is 33.7 Å². The molecule has 0 saturated carbocycles. The van der Waals surface area contributed by atoms with Gasteiger partial charge in [-0.15, -0.1) is 0 Å². The Hall–Kier alpha value is -1.89. The van der Waals surface area contributed by atoms with Gasteiger partial charge < -0.3 is 15.8 Å². The van der Waals surface area contributed by atoms with Crippen LogP contribution >= 0.6 is 23.2 Å². The highest BCUT2D eigenvalue weighted by Crippen LogP contribution is 2.34. The molecule has 2 aromatic carbocycles. The summed E-state index contributed by atoms with van der Waals surface area (Å²) >= 11 is 12.0. The molecule has 3 N–H and O–H groups in total. The maximum Gasteiger partial charge on any atom is 0.255 e. The summed E-state index contributed by atoms with van der Waals surface area (Å²) < 4.78 is 32.4. The van der Waals surface area contributed by atoms with Crippen LogP contribution in [0.5, 0.6) is 5.75 Å². The Kier molecular flexibility index (Phi) is 5.76. The van der Waals surface area contributed by atoms with Crippen molar-refractivity contribution in [1.82, 2.24) is 0 Å². The number of halogens is 4. The molecule has 2 rings (SSSR count). The molecule has 0 aromatic heterocycles. The summed E-state index contributed by atoms with van der Waals surface area (Å²) in [6.07, 6.45) is 0. The lowest BCUT2D eigenvalue weighted by molar-refractivity contribution is 0.102. The molecule has 0 unspecified atom stereocenters. The normalized spacial score (nSPS) is 10.5. The quantitative estimate of drug-likeness (QED) is 0.850. The number of benzene rings is 2.